The third-order valence-corrected chi connectivity index (χ3v) is 3.82. The first-order chi connectivity index (χ1) is 10.4. The Morgan fingerprint density at radius 1 is 1.50 bits per heavy atom. The van der Waals surface area contributed by atoms with Crippen molar-refractivity contribution in [2.75, 3.05) is 23.7 Å². The van der Waals surface area contributed by atoms with Crippen LogP contribution in [0.1, 0.15) is 26.2 Å². The molecule has 1 amide bonds. The van der Waals surface area contributed by atoms with Gasteiger partial charge in [-0.1, -0.05) is 6.42 Å². The molecule has 120 valence electrons. The number of rotatable bonds is 5. The van der Waals surface area contributed by atoms with Crippen molar-refractivity contribution in [1.82, 2.24) is 5.32 Å². The van der Waals surface area contributed by atoms with Crippen LogP contribution in [0, 0.1) is 10.1 Å². The average Bonchev–Trinajstić information content (AvgIpc) is 2.46. The predicted octanol–water partition coefficient (Wildman–Crippen LogP) is 2.63. The number of hydrogen-bond donors (Lipinski definition) is 4. The molecule has 8 nitrogen and oxygen atoms in total. The zero-order valence-corrected chi connectivity index (χ0v) is 12.4. The van der Waals surface area contributed by atoms with E-state index in [-0.39, 0.29) is 16.9 Å². The van der Waals surface area contributed by atoms with Crippen LogP contribution in [0.2, 0.25) is 0 Å². The van der Waals surface area contributed by atoms with Gasteiger partial charge in [-0.3, -0.25) is 15.4 Å². The zero-order valence-electron chi connectivity index (χ0n) is 12.4. The molecule has 0 aliphatic carbocycles. The molecule has 0 aromatic heterocycles. The normalized spacial score (nSPS) is 21.1. The first-order valence-electron chi connectivity index (χ1n) is 7.17. The van der Waals surface area contributed by atoms with Crippen LogP contribution >= 0.6 is 0 Å². The van der Waals surface area contributed by atoms with E-state index in [1.165, 1.54) is 18.2 Å². The van der Waals surface area contributed by atoms with Crippen LogP contribution in [0.15, 0.2) is 18.2 Å². The lowest BCUT2D eigenvalue weighted by Crippen LogP contribution is -2.50. The third kappa shape index (κ3) is 4.08. The van der Waals surface area contributed by atoms with E-state index in [0.29, 0.717) is 12.2 Å². The second-order valence-electron chi connectivity index (χ2n) is 5.72. The molecule has 0 radical (unpaired) electrons. The molecule has 0 bridgehead atoms. The minimum absolute atomic E-state index is 0.0932. The van der Waals surface area contributed by atoms with E-state index in [9.17, 15) is 14.9 Å². The number of amides is 1. The number of carbonyl (C=O) groups is 1. The van der Waals surface area contributed by atoms with E-state index in [4.69, 9.17) is 5.11 Å². The Labute approximate surface area is 128 Å². The van der Waals surface area contributed by atoms with Gasteiger partial charge >= 0.3 is 6.09 Å². The SMILES string of the molecule is C[C@]1(CNc2ccc(NC(=O)O)cc2[N+](=O)[O-])CCCCN1. The van der Waals surface area contributed by atoms with E-state index in [2.05, 4.69) is 22.9 Å². The van der Waals surface area contributed by atoms with E-state index in [0.717, 1.165) is 25.8 Å². The van der Waals surface area contributed by atoms with Crippen molar-refractivity contribution in [3.05, 3.63) is 28.3 Å². The standard InChI is InChI=1S/C14H20N4O4/c1-14(6-2-3-7-16-14)9-15-11-5-4-10(17-13(19)20)8-12(11)18(21)22/h4-5,8,15-17H,2-3,6-7,9H2,1H3,(H,19,20)/t14-/m1/s1. The fourth-order valence-corrected chi connectivity index (χ4v) is 2.59. The molecule has 1 atom stereocenters. The highest BCUT2D eigenvalue weighted by atomic mass is 16.6. The lowest BCUT2D eigenvalue weighted by atomic mass is 9.91. The van der Waals surface area contributed by atoms with Gasteiger partial charge in [0.1, 0.15) is 5.69 Å². The van der Waals surface area contributed by atoms with Gasteiger partial charge in [0.05, 0.1) is 10.6 Å². The van der Waals surface area contributed by atoms with Crippen molar-refractivity contribution in [3.8, 4) is 0 Å². The van der Waals surface area contributed by atoms with Crippen LogP contribution in [-0.2, 0) is 0 Å². The molecule has 1 heterocycles. The van der Waals surface area contributed by atoms with E-state index in [1.807, 2.05) is 0 Å². The fraction of sp³-hybridized carbons (Fsp3) is 0.500. The number of piperidine rings is 1. The summed E-state index contributed by atoms with van der Waals surface area (Å²) in [4.78, 5) is 21.2. The molecule has 1 aromatic rings. The van der Waals surface area contributed by atoms with Crippen molar-refractivity contribution in [2.45, 2.75) is 31.7 Å². The Morgan fingerprint density at radius 3 is 2.86 bits per heavy atom. The third-order valence-electron chi connectivity index (χ3n) is 3.82. The molecule has 0 saturated carbocycles. The van der Waals surface area contributed by atoms with Crippen molar-refractivity contribution in [1.29, 1.82) is 0 Å². The summed E-state index contributed by atoms with van der Waals surface area (Å²) in [6, 6.07) is 4.24. The Bertz CT molecular complexity index is 570. The number of nitrogens with one attached hydrogen (secondary N) is 3. The largest absolute Gasteiger partial charge is 0.465 e. The van der Waals surface area contributed by atoms with Gasteiger partial charge in [-0.15, -0.1) is 0 Å². The van der Waals surface area contributed by atoms with Gasteiger partial charge in [-0.05, 0) is 38.4 Å². The predicted molar refractivity (Wildman–Crippen MR) is 83.5 cm³/mol. The number of hydrogen-bond acceptors (Lipinski definition) is 5. The van der Waals surface area contributed by atoms with Crippen LogP contribution in [0.4, 0.5) is 21.9 Å². The van der Waals surface area contributed by atoms with Gasteiger partial charge in [0, 0.05) is 18.2 Å². The monoisotopic (exact) mass is 308 g/mol. The molecule has 8 heteroatoms. The topological polar surface area (TPSA) is 117 Å². The molecule has 2 rings (SSSR count). The Hall–Kier alpha value is -2.35. The smallest absolute Gasteiger partial charge is 0.409 e. The summed E-state index contributed by atoms with van der Waals surface area (Å²) >= 11 is 0. The summed E-state index contributed by atoms with van der Waals surface area (Å²) in [7, 11) is 0. The van der Waals surface area contributed by atoms with E-state index in [1.54, 1.807) is 0 Å². The van der Waals surface area contributed by atoms with E-state index >= 15 is 0 Å². The van der Waals surface area contributed by atoms with Crippen LogP contribution in [0.25, 0.3) is 0 Å². The summed E-state index contributed by atoms with van der Waals surface area (Å²) in [5.41, 5.74) is 0.316. The maximum absolute atomic E-state index is 11.2. The summed E-state index contributed by atoms with van der Waals surface area (Å²) in [5, 5.41) is 28.5. The highest BCUT2D eigenvalue weighted by Gasteiger charge is 2.27. The fourth-order valence-electron chi connectivity index (χ4n) is 2.59. The first-order valence-corrected chi connectivity index (χ1v) is 7.17. The summed E-state index contributed by atoms with van der Waals surface area (Å²) in [5.74, 6) is 0. The van der Waals surface area contributed by atoms with Gasteiger partial charge in [-0.25, -0.2) is 4.79 Å². The highest BCUT2D eigenvalue weighted by molar-refractivity contribution is 5.84. The van der Waals surface area contributed by atoms with Gasteiger partial charge in [-0.2, -0.15) is 0 Å². The molecule has 1 saturated heterocycles. The van der Waals surface area contributed by atoms with Gasteiger partial charge < -0.3 is 15.7 Å². The van der Waals surface area contributed by atoms with Gasteiger partial charge in [0.25, 0.3) is 5.69 Å². The van der Waals surface area contributed by atoms with Gasteiger partial charge in [0.2, 0.25) is 0 Å². The summed E-state index contributed by atoms with van der Waals surface area (Å²) < 4.78 is 0. The molecular formula is C14H20N4O4. The molecule has 4 N–H and O–H groups in total. The van der Waals surface area contributed by atoms with Crippen LogP contribution in [0.5, 0.6) is 0 Å². The molecule has 0 spiro atoms. The maximum Gasteiger partial charge on any atom is 0.409 e. The Morgan fingerprint density at radius 2 is 2.27 bits per heavy atom. The quantitative estimate of drug-likeness (QED) is 0.491. The minimum atomic E-state index is -1.26. The molecule has 1 aromatic carbocycles. The average molecular weight is 308 g/mol. The molecule has 22 heavy (non-hydrogen) atoms. The molecule has 1 fully saturated rings. The molecule has 0 unspecified atom stereocenters. The number of nitro groups is 1. The molecule has 1 aliphatic rings. The second kappa shape index (κ2) is 6.61. The maximum atomic E-state index is 11.2. The summed E-state index contributed by atoms with van der Waals surface area (Å²) in [6.45, 7) is 3.60. The number of nitro benzene ring substituents is 1. The number of anilines is 2. The van der Waals surface area contributed by atoms with Crippen LogP contribution in [0.3, 0.4) is 0 Å². The Kier molecular flexibility index (Phi) is 4.81. The number of benzene rings is 1. The van der Waals surface area contributed by atoms with Crippen LogP contribution < -0.4 is 16.0 Å². The molecular weight excluding hydrogens is 288 g/mol. The van der Waals surface area contributed by atoms with Crippen molar-refractivity contribution in [3.63, 3.8) is 0 Å². The zero-order chi connectivity index (χ0) is 16.2. The number of nitrogens with zero attached hydrogens (tertiary/aromatic N) is 1. The lowest BCUT2D eigenvalue weighted by molar-refractivity contribution is -0.383. The minimum Gasteiger partial charge on any atom is -0.465 e. The van der Waals surface area contributed by atoms with Crippen molar-refractivity contribution in [2.24, 2.45) is 0 Å². The van der Waals surface area contributed by atoms with E-state index < -0.39 is 11.0 Å². The summed E-state index contributed by atoms with van der Waals surface area (Å²) in [6.07, 6.45) is 2.03. The second-order valence-corrected chi connectivity index (χ2v) is 5.72. The van der Waals surface area contributed by atoms with Crippen molar-refractivity contribution >= 4 is 23.2 Å². The lowest BCUT2D eigenvalue weighted by Gasteiger charge is -2.35. The Balaban J connectivity index is 2.12. The highest BCUT2D eigenvalue weighted by Crippen LogP contribution is 2.29. The first kappa shape index (κ1) is 16.0. The molecule has 1 aliphatic heterocycles. The van der Waals surface area contributed by atoms with Crippen LogP contribution in [-0.4, -0.2) is 34.8 Å². The number of carboxylic acid groups (broad SMARTS) is 1. The van der Waals surface area contributed by atoms with Crippen molar-refractivity contribution < 1.29 is 14.8 Å². The van der Waals surface area contributed by atoms with Gasteiger partial charge in [0.15, 0.2) is 0 Å².